The lowest BCUT2D eigenvalue weighted by molar-refractivity contribution is 0.0928. The molecule has 0 saturated heterocycles. The van der Waals surface area contributed by atoms with Crippen molar-refractivity contribution < 1.29 is 19.1 Å². The minimum atomic E-state index is -0.244. The van der Waals surface area contributed by atoms with Crippen molar-refractivity contribution in [2.24, 2.45) is 0 Å². The van der Waals surface area contributed by atoms with E-state index in [1.807, 2.05) is 54.6 Å². The fraction of sp³-hybridized carbons (Fsp3) is 0.148. The Labute approximate surface area is 196 Å². The van der Waals surface area contributed by atoms with Crippen molar-refractivity contribution in [3.63, 3.8) is 0 Å². The van der Waals surface area contributed by atoms with E-state index in [2.05, 4.69) is 10.6 Å². The van der Waals surface area contributed by atoms with Gasteiger partial charge in [0.2, 0.25) is 0 Å². The summed E-state index contributed by atoms with van der Waals surface area (Å²) < 4.78 is 11.0. The lowest BCUT2D eigenvalue weighted by atomic mass is 10.0. The molecular weight excluding hydrogens is 430 g/mol. The molecule has 3 aromatic carbocycles. The van der Waals surface area contributed by atoms with Gasteiger partial charge in [0.05, 0.1) is 16.8 Å². The molecule has 2 heterocycles. The van der Waals surface area contributed by atoms with Gasteiger partial charge in [0.25, 0.3) is 11.8 Å². The summed E-state index contributed by atoms with van der Waals surface area (Å²) in [5.41, 5.74) is 3.44. The van der Waals surface area contributed by atoms with Crippen molar-refractivity contribution in [2.75, 3.05) is 26.3 Å². The number of benzene rings is 3. The molecule has 1 aliphatic heterocycles. The van der Waals surface area contributed by atoms with Gasteiger partial charge >= 0.3 is 0 Å². The highest BCUT2D eigenvalue weighted by atomic mass is 16.6. The summed E-state index contributed by atoms with van der Waals surface area (Å²) in [6.45, 7) is 1.53. The summed E-state index contributed by atoms with van der Waals surface area (Å²) in [6, 6.07) is 24.2. The number of carbonyl (C=O) groups is 2. The van der Waals surface area contributed by atoms with Crippen LogP contribution in [0.2, 0.25) is 0 Å². The lowest BCUT2D eigenvalue weighted by Gasteiger charge is -2.18. The van der Waals surface area contributed by atoms with E-state index in [1.165, 1.54) is 0 Å². The minimum Gasteiger partial charge on any atom is -0.486 e. The van der Waals surface area contributed by atoms with Crippen LogP contribution in [0.4, 0.5) is 0 Å². The summed E-state index contributed by atoms with van der Waals surface area (Å²) in [5, 5.41) is 6.50. The van der Waals surface area contributed by atoms with Gasteiger partial charge in [-0.15, -0.1) is 0 Å². The molecule has 0 aliphatic carbocycles. The van der Waals surface area contributed by atoms with Crippen molar-refractivity contribution in [1.82, 2.24) is 15.6 Å². The number of aromatic nitrogens is 1. The molecule has 0 radical (unpaired) electrons. The molecule has 2 amide bonds. The molecule has 0 saturated carbocycles. The summed E-state index contributed by atoms with van der Waals surface area (Å²) in [5.74, 6) is 0.733. The molecule has 0 bridgehead atoms. The number of carbonyl (C=O) groups excluding carboxylic acids is 2. The smallest absolute Gasteiger partial charge is 0.252 e. The minimum absolute atomic E-state index is 0.218. The van der Waals surface area contributed by atoms with E-state index in [9.17, 15) is 9.59 Å². The van der Waals surface area contributed by atoms with Crippen LogP contribution in [0, 0.1) is 0 Å². The SMILES string of the molecule is O=C(NCCNC(=O)c1cc(-c2ccccc2)nc2ccccc12)c1ccc2c(c1)OCCO2. The highest BCUT2D eigenvalue weighted by Crippen LogP contribution is 2.30. The van der Waals surface area contributed by atoms with Crippen molar-refractivity contribution >= 4 is 22.7 Å². The molecule has 4 aromatic rings. The molecule has 0 atom stereocenters. The maximum absolute atomic E-state index is 13.0. The highest BCUT2D eigenvalue weighted by Gasteiger charge is 2.16. The Morgan fingerprint density at radius 1 is 0.765 bits per heavy atom. The van der Waals surface area contributed by atoms with Gasteiger partial charge < -0.3 is 20.1 Å². The third-order valence-corrected chi connectivity index (χ3v) is 5.53. The van der Waals surface area contributed by atoms with Crippen molar-refractivity contribution in [1.29, 1.82) is 0 Å². The summed E-state index contributed by atoms with van der Waals surface area (Å²) in [4.78, 5) is 30.2. The number of hydrogen-bond acceptors (Lipinski definition) is 5. The van der Waals surface area contributed by atoms with Gasteiger partial charge in [0, 0.05) is 29.6 Å². The van der Waals surface area contributed by atoms with Crippen molar-refractivity contribution in [2.45, 2.75) is 0 Å². The van der Waals surface area contributed by atoms with Crippen LogP contribution in [-0.4, -0.2) is 43.1 Å². The fourth-order valence-electron chi connectivity index (χ4n) is 3.85. The third-order valence-electron chi connectivity index (χ3n) is 5.53. The lowest BCUT2D eigenvalue weighted by Crippen LogP contribution is -2.34. The van der Waals surface area contributed by atoms with E-state index in [4.69, 9.17) is 14.5 Å². The average Bonchev–Trinajstić information content (AvgIpc) is 2.90. The molecule has 2 N–H and O–H groups in total. The van der Waals surface area contributed by atoms with E-state index in [1.54, 1.807) is 24.3 Å². The monoisotopic (exact) mass is 453 g/mol. The number of nitrogens with zero attached hydrogens (tertiary/aromatic N) is 1. The Bertz CT molecular complexity index is 1350. The van der Waals surface area contributed by atoms with Gasteiger partial charge in [0.1, 0.15) is 13.2 Å². The molecule has 0 fully saturated rings. The highest BCUT2D eigenvalue weighted by molar-refractivity contribution is 6.07. The molecule has 7 nitrogen and oxygen atoms in total. The molecular formula is C27H23N3O4. The first-order chi connectivity index (χ1) is 16.7. The van der Waals surface area contributed by atoms with Crippen LogP contribution in [0.1, 0.15) is 20.7 Å². The second-order valence-electron chi connectivity index (χ2n) is 7.81. The summed E-state index contributed by atoms with van der Waals surface area (Å²) in [6.07, 6.45) is 0. The molecule has 0 spiro atoms. The van der Waals surface area contributed by atoms with Crippen LogP contribution in [0.3, 0.4) is 0 Å². The van der Waals surface area contributed by atoms with E-state index in [0.29, 0.717) is 35.8 Å². The van der Waals surface area contributed by atoms with Crippen LogP contribution in [0.25, 0.3) is 22.2 Å². The topological polar surface area (TPSA) is 89.6 Å². The molecule has 7 heteroatoms. The molecule has 34 heavy (non-hydrogen) atoms. The molecule has 1 aromatic heterocycles. The quantitative estimate of drug-likeness (QED) is 0.433. The van der Waals surface area contributed by atoms with Crippen LogP contribution in [0.5, 0.6) is 11.5 Å². The average molecular weight is 453 g/mol. The van der Waals surface area contributed by atoms with Crippen LogP contribution >= 0.6 is 0 Å². The third kappa shape index (κ3) is 4.54. The van der Waals surface area contributed by atoms with Crippen molar-refractivity contribution in [3.8, 4) is 22.8 Å². The Morgan fingerprint density at radius 3 is 2.29 bits per heavy atom. The Hall–Kier alpha value is -4.39. The van der Waals surface area contributed by atoms with E-state index < -0.39 is 0 Å². The maximum Gasteiger partial charge on any atom is 0.252 e. The second kappa shape index (κ2) is 9.62. The maximum atomic E-state index is 13.0. The molecule has 5 rings (SSSR count). The fourth-order valence-corrected chi connectivity index (χ4v) is 3.85. The van der Waals surface area contributed by atoms with Crippen LogP contribution in [0.15, 0.2) is 78.9 Å². The molecule has 1 aliphatic rings. The van der Waals surface area contributed by atoms with E-state index in [0.717, 1.165) is 22.2 Å². The number of amides is 2. The van der Waals surface area contributed by atoms with E-state index >= 15 is 0 Å². The Balaban J connectivity index is 1.25. The standard InChI is InChI=1S/C27H23N3O4/c31-26(19-10-11-24-25(16-19)34-15-14-33-24)28-12-13-29-27(32)21-17-23(18-6-2-1-3-7-18)30-22-9-5-4-8-20(21)22/h1-11,16-17H,12-15H2,(H,28,31)(H,29,32). The first kappa shape index (κ1) is 21.5. The van der Waals surface area contributed by atoms with Crippen LogP contribution < -0.4 is 20.1 Å². The molecule has 170 valence electrons. The number of fused-ring (bicyclic) bond motifs is 2. The number of ether oxygens (including phenoxy) is 2. The number of hydrogen-bond donors (Lipinski definition) is 2. The first-order valence-corrected chi connectivity index (χ1v) is 11.1. The largest absolute Gasteiger partial charge is 0.486 e. The number of rotatable bonds is 6. The van der Waals surface area contributed by atoms with Crippen molar-refractivity contribution in [3.05, 3.63) is 90.0 Å². The first-order valence-electron chi connectivity index (χ1n) is 11.1. The predicted octanol–water partition coefficient (Wildman–Crippen LogP) is 3.83. The van der Waals surface area contributed by atoms with Gasteiger partial charge in [-0.25, -0.2) is 4.98 Å². The normalized spacial score (nSPS) is 12.2. The zero-order valence-electron chi connectivity index (χ0n) is 18.4. The summed E-state index contributed by atoms with van der Waals surface area (Å²) >= 11 is 0. The number of para-hydroxylation sites is 1. The van der Waals surface area contributed by atoms with E-state index in [-0.39, 0.29) is 24.9 Å². The zero-order chi connectivity index (χ0) is 23.3. The second-order valence-corrected chi connectivity index (χ2v) is 7.81. The summed E-state index contributed by atoms with van der Waals surface area (Å²) in [7, 11) is 0. The van der Waals surface area contributed by atoms with Gasteiger partial charge in [-0.2, -0.15) is 0 Å². The van der Waals surface area contributed by atoms with Gasteiger partial charge in [-0.05, 0) is 30.3 Å². The Kier molecular flexibility index (Phi) is 6.07. The van der Waals surface area contributed by atoms with Gasteiger partial charge in [-0.1, -0.05) is 48.5 Å². The van der Waals surface area contributed by atoms with Gasteiger partial charge in [0.15, 0.2) is 11.5 Å². The van der Waals surface area contributed by atoms with Gasteiger partial charge in [-0.3, -0.25) is 9.59 Å². The Morgan fingerprint density at radius 2 is 1.47 bits per heavy atom. The molecule has 0 unspecified atom stereocenters. The zero-order valence-corrected chi connectivity index (χ0v) is 18.4. The number of pyridine rings is 1. The predicted molar refractivity (Wildman–Crippen MR) is 129 cm³/mol. The van der Waals surface area contributed by atoms with Crippen LogP contribution in [-0.2, 0) is 0 Å². The number of nitrogens with one attached hydrogen (secondary N) is 2.